The number of hydrogen-bond acceptors (Lipinski definition) is 6. The van der Waals surface area contributed by atoms with Crippen LogP contribution in [0.1, 0.15) is 25.8 Å². The molecule has 27 heavy (non-hydrogen) atoms. The van der Waals surface area contributed by atoms with Crippen LogP contribution in [-0.2, 0) is 10.3 Å². The molecule has 7 nitrogen and oxygen atoms in total. The molecule has 1 aromatic heterocycles. The fraction of sp³-hybridized carbons (Fsp3) is 0.316. The molecule has 8 heteroatoms. The quantitative estimate of drug-likeness (QED) is 0.784. The van der Waals surface area contributed by atoms with E-state index in [1.807, 2.05) is 32.0 Å². The van der Waals surface area contributed by atoms with Crippen LogP contribution in [-0.4, -0.2) is 34.4 Å². The van der Waals surface area contributed by atoms with Gasteiger partial charge in [-0.2, -0.15) is 0 Å². The lowest BCUT2D eigenvalue weighted by atomic mass is 9.77. The minimum Gasteiger partial charge on any atom is -0.487 e. The summed E-state index contributed by atoms with van der Waals surface area (Å²) in [6, 6.07) is 7.30. The number of likely N-dealkylation sites (N-methyl/N-ethyl adjacent to an activating group) is 1. The van der Waals surface area contributed by atoms with Crippen molar-refractivity contribution in [3.8, 4) is 16.9 Å². The molecule has 2 aliphatic heterocycles. The molecular formula is C19H20ClN5O2. The number of nitrogen functional groups attached to an aromatic ring is 1. The van der Waals surface area contributed by atoms with E-state index in [1.165, 1.54) is 11.1 Å². The van der Waals surface area contributed by atoms with Crippen molar-refractivity contribution in [1.29, 1.82) is 0 Å². The predicted octanol–water partition coefficient (Wildman–Crippen LogP) is 2.53. The van der Waals surface area contributed by atoms with Gasteiger partial charge in [-0.1, -0.05) is 17.7 Å². The topological polar surface area (TPSA) is 107 Å². The van der Waals surface area contributed by atoms with E-state index in [0.29, 0.717) is 34.1 Å². The van der Waals surface area contributed by atoms with Crippen LogP contribution in [0.15, 0.2) is 35.5 Å². The van der Waals surface area contributed by atoms with Crippen LogP contribution in [0.4, 0.5) is 5.82 Å². The molecule has 1 amide bonds. The Kier molecular flexibility index (Phi) is 3.65. The summed E-state index contributed by atoms with van der Waals surface area (Å²) < 4.78 is 6.12. The lowest BCUT2D eigenvalue weighted by Gasteiger charge is -2.41. The molecule has 0 aliphatic carbocycles. The molecule has 2 aliphatic rings. The maximum atomic E-state index is 13.1. The zero-order valence-electron chi connectivity index (χ0n) is 15.3. The van der Waals surface area contributed by atoms with Gasteiger partial charge in [0.2, 0.25) is 0 Å². The Hall–Kier alpha value is -2.80. The van der Waals surface area contributed by atoms with Crippen LogP contribution in [0.3, 0.4) is 0 Å². The van der Waals surface area contributed by atoms with Crippen LogP contribution in [0.25, 0.3) is 11.1 Å². The molecule has 1 unspecified atom stereocenters. The summed E-state index contributed by atoms with van der Waals surface area (Å²) >= 11 is 6.09. The largest absolute Gasteiger partial charge is 0.487 e. The number of nitrogens with zero attached hydrogens (tertiary/aromatic N) is 3. The van der Waals surface area contributed by atoms with Crippen LogP contribution in [0, 0.1) is 0 Å². The van der Waals surface area contributed by atoms with Crippen molar-refractivity contribution < 1.29 is 9.53 Å². The maximum absolute atomic E-state index is 13.1. The SMILES string of the molecule is CN1C(=O)C2(CC(C)(C)Oc3ccc(-c4cc(Cl)cnc4N)cc32)N=C1N. The number of nitrogens with two attached hydrogens (primary N) is 2. The fourth-order valence-electron chi connectivity index (χ4n) is 3.83. The maximum Gasteiger partial charge on any atom is 0.261 e. The Morgan fingerprint density at radius 1 is 1.26 bits per heavy atom. The predicted molar refractivity (Wildman–Crippen MR) is 104 cm³/mol. The van der Waals surface area contributed by atoms with Gasteiger partial charge in [0.15, 0.2) is 11.5 Å². The third-order valence-corrected chi connectivity index (χ3v) is 5.20. The molecule has 0 saturated heterocycles. The zero-order chi connectivity index (χ0) is 19.6. The standard InChI is InChI=1S/C19H20ClN5O2/c1-18(2)9-19(16(26)25(3)17(22)24-19)13-6-10(4-5-14(13)27-18)12-7-11(20)8-23-15(12)21/h4-8H,9H2,1-3H3,(H2,21,23)(H2,22,24). The summed E-state index contributed by atoms with van der Waals surface area (Å²) in [6.45, 7) is 3.86. The number of fused-ring (bicyclic) bond motifs is 2. The first-order chi connectivity index (χ1) is 12.6. The smallest absolute Gasteiger partial charge is 0.261 e. The van der Waals surface area contributed by atoms with E-state index < -0.39 is 11.1 Å². The van der Waals surface area contributed by atoms with Crippen LogP contribution in [0.5, 0.6) is 5.75 Å². The van der Waals surface area contributed by atoms with Gasteiger partial charge in [-0.3, -0.25) is 9.69 Å². The van der Waals surface area contributed by atoms with Gasteiger partial charge >= 0.3 is 0 Å². The molecule has 4 rings (SSSR count). The van der Waals surface area contributed by atoms with Crippen molar-refractivity contribution in [3.63, 3.8) is 0 Å². The minimum absolute atomic E-state index is 0.174. The number of aromatic nitrogens is 1. The van der Waals surface area contributed by atoms with Gasteiger partial charge in [-0.05, 0) is 37.6 Å². The van der Waals surface area contributed by atoms with Gasteiger partial charge in [-0.25, -0.2) is 9.98 Å². The Bertz CT molecular complexity index is 1000. The average Bonchev–Trinajstić information content (AvgIpc) is 2.80. The fourth-order valence-corrected chi connectivity index (χ4v) is 3.98. The number of anilines is 1. The molecular weight excluding hydrogens is 366 g/mol. The van der Waals surface area contributed by atoms with Crippen molar-refractivity contribution >= 4 is 29.3 Å². The third-order valence-electron chi connectivity index (χ3n) is 5.00. The second kappa shape index (κ2) is 5.60. The van der Waals surface area contributed by atoms with E-state index in [4.69, 9.17) is 27.8 Å². The summed E-state index contributed by atoms with van der Waals surface area (Å²) in [5.74, 6) is 0.969. The number of carbonyl (C=O) groups is 1. The number of rotatable bonds is 1. The van der Waals surface area contributed by atoms with E-state index in [-0.39, 0.29) is 11.9 Å². The first-order valence-corrected chi connectivity index (χ1v) is 8.89. The van der Waals surface area contributed by atoms with Crippen molar-refractivity contribution in [2.24, 2.45) is 10.7 Å². The molecule has 140 valence electrons. The second-order valence-electron chi connectivity index (χ2n) is 7.53. The van der Waals surface area contributed by atoms with Gasteiger partial charge in [0.1, 0.15) is 17.2 Å². The number of carbonyl (C=O) groups excluding carboxylic acids is 1. The highest BCUT2D eigenvalue weighted by molar-refractivity contribution is 6.30. The number of halogens is 1. The normalized spacial score (nSPS) is 23.2. The highest BCUT2D eigenvalue weighted by atomic mass is 35.5. The molecule has 0 fully saturated rings. The zero-order valence-corrected chi connectivity index (χ0v) is 16.0. The summed E-state index contributed by atoms with van der Waals surface area (Å²) in [6.07, 6.45) is 1.87. The van der Waals surface area contributed by atoms with Crippen molar-refractivity contribution in [1.82, 2.24) is 9.88 Å². The summed E-state index contributed by atoms with van der Waals surface area (Å²) in [5.41, 5.74) is 12.4. The molecule has 0 bridgehead atoms. The van der Waals surface area contributed by atoms with E-state index in [9.17, 15) is 4.79 Å². The van der Waals surface area contributed by atoms with Gasteiger partial charge < -0.3 is 16.2 Å². The van der Waals surface area contributed by atoms with E-state index in [2.05, 4.69) is 9.98 Å². The summed E-state index contributed by atoms with van der Waals surface area (Å²) in [5, 5.41) is 0.475. The molecule has 1 atom stereocenters. The van der Waals surface area contributed by atoms with E-state index >= 15 is 0 Å². The molecule has 2 aromatic rings. The lowest BCUT2D eigenvalue weighted by Crippen LogP contribution is -2.49. The van der Waals surface area contributed by atoms with E-state index in [1.54, 1.807) is 13.1 Å². The van der Waals surface area contributed by atoms with Gasteiger partial charge in [-0.15, -0.1) is 0 Å². The number of ether oxygens (including phenoxy) is 1. The number of benzene rings is 1. The van der Waals surface area contributed by atoms with Crippen LogP contribution < -0.4 is 16.2 Å². The summed E-state index contributed by atoms with van der Waals surface area (Å²) in [7, 11) is 1.63. The Balaban J connectivity index is 1.95. The average molecular weight is 386 g/mol. The number of guanidine groups is 1. The Morgan fingerprint density at radius 2 is 2.00 bits per heavy atom. The molecule has 1 aromatic carbocycles. The Labute approximate surface area is 162 Å². The molecule has 1 spiro atoms. The van der Waals surface area contributed by atoms with E-state index in [0.717, 1.165) is 5.56 Å². The summed E-state index contributed by atoms with van der Waals surface area (Å²) in [4.78, 5) is 23.2. The Morgan fingerprint density at radius 3 is 2.67 bits per heavy atom. The number of hydrogen-bond donors (Lipinski definition) is 2. The first-order valence-electron chi connectivity index (χ1n) is 8.51. The molecule has 0 saturated carbocycles. The third kappa shape index (κ3) is 2.61. The van der Waals surface area contributed by atoms with Crippen molar-refractivity contribution in [3.05, 3.63) is 41.0 Å². The molecule has 0 radical (unpaired) electrons. The van der Waals surface area contributed by atoms with Crippen LogP contribution in [0.2, 0.25) is 5.02 Å². The first kappa shape index (κ1) is 17.6. The van der Waals surface area contributed by atoms with Crippen molar-refractivity contribution in [2.75, 3.05) is 12.8 Å². The van der Waals surface area contributed by atoms with Gasteiger partial charge in [0.05, 0.1) is 5.02 Å². The number of aliphatic imine (C=N–C) groups is 1. The molecule has 4 N–H and O–H groups in total. The number of amides is 1. The van der Waals surface area contributed by atoms with Gasteiger partial charge in [0.25, 0.3) is 5.91 Å². The lowest BCUT2D eigenvalue weighted by molar-refractivity contribution is -0.133. The monoisotopic (exact) mass is 385 g/mol. The minimum atomic E-state index is -1.12. The van der Waals surface area contributed by atoms with Crippen molar-refractivity contribution in [2.45, 2.75) is 31.4 Å². The van der Waals surface area contributed by atoms with Gasteiger partial charge in [0, 0.05) is 30.8 Å². The second-order valence-corrected chi connectivity index (χ2v) is 7.97. The molecule has 3 heterocycles. The number of pyridine rings is 1. The highest BCUT2D eigenvalue weighted by Gasteiger charge is 2.55. The van der Waals surface area contributed by atoms with Crippen LogP contribution >= 0.6 is 11.6 Å². The highest BCUT2D eigenvalue weighted by Crippen LogP contribution is 2.50.